The second-order valence-corrected chi connectivity index (χ2v) is 6.86. The fraction of sp³-hybridized carbons (Fsp3) is 0.130. The lowest BCUT2D eigenvalue weighted by Crippen LogP contribution is -2.31. The second-order valence-electron chi connectivity index (χ2n) is 6.86. The Kier molecular flexibility index (Phi) is 5.79. The predicted molar refractivity (Wildman–Crippen MR) is 112 cm³/mol. The molecular weight excluding hydrogens is 402 g/mol. The molecule has 2 aromatic carbocycles. The number of amides is 1. The topological polar surface area (TPSA) is 52.3 Å². The first-order valence-electron chi connectivity index (χ1n) is 9.64. The van der Waals surface area contributed by atoms with E-state index in [1.54, 1.807) is 42.2 Å². The minimum atomic E-state index is -0.445. The van der Waals surface area contributed by atoms with E-state index < -0.39 is 5.82 Å². The van der Waals surface area contributed by atoms with Crippen molar-refractivity contribution in [3.05, 3.63) is 96.5 Å². The van der Waals surface area contributed by atoms with Gasteiger partial charge in [0.25, 0.3) is 5.91 Å². The van der Waals surface area contributed by atoms with Gasteiger partial charge in [-0.2, -0.15) is 5.10 Å². The number of para-hydroxylation sites is 1. The highest BCUT2D eigenvalue weighted by Crippen LogP contribution is 2.22. The number of ether oxygens (including phenoxy) is 1. The zero-order valence-electron chi connectivity index (χ0n) is 16.8. The molecule has 4 aromatic rings. The van der Waals surface area contributed by atoms with E-state index in [0.717, 1.165) is 0 Å². The number of benzene rings is 2. The molecule has 0 saturated carbocycles. The Morgan fingerprint density at radius 2 is 1.74 bits per heavy atom. The maximum atomic E-state index is 14.4. The summed E-state index contributed by atoms with van der Waals surface area (Å²) >= 11 is 0. The molecule has 0 aliphatic rings. The molecular formula is C23H20F2N4O2. The van der Waals surface area contributed by atoms with Gasteiger partial charge in [-0.25, -0.2) is 13.5 Å². The summed E-state index contributed by atoms with van der Waals surface area (Å²) in [5, 5.41) is 4.28. The lowest BCUT2D eigenvalue weighted by atomic mass is 10.2. The van der Waals surface area contributed by atoms with Crippen molar-refractivity contribution in [2.75, 3.05) is 20.2 Å². The van der Waals surface area contributed by atoms with E-state index in [4.69, 9.17) is 4.74 Å². The van der Waals surface area contributed by atoms with Crippen molar-refractivity contribution in [2.45, 2.75) is 0 Å². The normalized spacial score (nSPS) is 10.8. The quantitative estimate of drug-likeness (QED) is 0.451. The molecule has 6 nitrogen and oxygen atoms in total. The van der Waals surface area contributed by atoms with Crippen molar-refractivity contribution in [2.24, 2.45) is 0 Å². The molecule has 0 spiro atoms. The van der Waals surface area contributed by atoms with Crippen molar-refractivity contribution in [3.63, 3.8) is 0 Å². The summed E-state index contributed by atoms with van der Waals surface area (Å²) in [6.45, 7) is 0.528. The van der Waals surface area contributed by atoms with Crippen LogP contribution < -0.4 is 4.74 Å². The van der Waals surface area contributed by atoms with E-state index in [1.165, 1.54) is 46.1 Å². The molecule has 0 radical (unpaired) electrons. The molecule has 1 amide bonds. The van der Waals surface area contributed by atoms with Gasteiger partial charge in [-0.05, 0) is 48.5 Å². The number of hydrogen-bond donors (Lipinski definition) is 0. The number of aromatic nitrogens is 3. The smallest absolute Gasteiger partial charge is 0.259 e. The molecule has 0 fully saturated rings. The van der Waals surface area contributed by atoms with Gasteiger partial charge in [0, 0.05) is 19.4 Å². The van der Waals surface area contributed by atoms with Crippen molar-refractivity contribution < 1.29 is 18.3 Å². The summed E-state index contributed by atoms with van der Waals surface area (Å²) in [4.78, 5) is 14.6. The number of rotatable bonds is 7. The maximum absolute atomic E-state index is 14.4. The van der Waals surface area contributed by atoms with E-state index in [1.807, 2.05) is 12.1 Å². The van der Waals surface area contributed by atoms with E-state index in [9.17, 15) is 13.6 Å². The van der Waals surface area contributed by atoms with Crippen LogP contribution in [0.1, 0.15) is 10.4 Å². The lowest BCUT2D eigenvalue weighted by Gasteiger charge is -2.18. The van der Waals surface area contributed by atoms with Gasteiger partial charge in [0.2, 0.25) is 0 Å². The van der Waals surface area contributed by atoms with Crippen molar-refractivity contribution >= 4 is 5.91 Å². The molecule has 0 aliphatic carbocycles. The Balaban J connectivity index is 1.56. The zero-order valence-corrected chi connectivity index (χ0v) is 16.8. The number of carbonyl (C=O) groups excluding carboxylic acids is 1. The number of halogens is 2. The van der Waals surface area contributed by atoms with Crippen LogP contribution in [0.15, 0.2) is 79.3 Å². The number of nitrogens with zero attached hydrogens (tertiary/aromatic N) is 4. The first-order valence-corrected chi connectivity index (χ1v) is 9.64. The van der Waals surface area contributed by atoms with Gasteiger partial charge in [-0.1, -0.05) is 12.1 Å². The Bertz CT molecular complexity index is 1170. The van der Waals surface area contributed by atoms with Gasteiger partial charge in [-0.15, -0.1) is 0 Å². The molecule has 0 bridgehead atoms. The fourth-order valence-corrected chi connectivity index (χ4v) is 3.16. The summed E-state index contributed by atoms with van der Waals surface area (Å²) in [5.41, 5.74) is 0.566. The van der Waals surface area contributed by atoms with Crippen LogP contribution in [0.2, 0.25) is 0 Å². The van der Waals surface area contributed by atoms with E-state index in [-0.39, 0.29) is 24.0 Å². The summed E-state index contributed by atoms with van der Waals surface area (Å²) in [7, 11) is 1.65. The molecule has 8 heteroatoms. The highest BCUT2D eigenvalue weighted by Gasteiger charge is 2.23. The molecule has 0 unspecified atom stereocenters. The minimum Gasteiger partial charge on any atom is -0.492 e. The summed E-state index contributed by atoms with van der Waals surface area (Å²) in [5.74, 6) is -0.119. The average Bonchev–Trinajstić information content (AvgIpc) is 3.44. The van der Waals surface area contributed by atoms with Crippen LogP contribution >= 0.6 is 0 Å². The number of likely N-dealkylation sites (N-methyl/N-ethyl adjacent to an activating group) is 1. The first kappa shape index (κ1) is 20.3. The molecule has 31 heavy (non-hydrogen) atoms. The molecule has 0 N–H and O–H groups in total. The van der Waals surface area contributed by atoms with Crippen LogP contribution in [-0.4, -0.2) is 45.4 Å². The Morgan fingerprint density at radius 3 is 2.45 bits per heavy atom. The summed E-state index contributed by atoms with van der Waals surface area (Å²) < 4.78 is 36.1. The van der Waals surface area contributed by atoms with E-state index in [0.29, 0.717) is 23.7 Å². The summed E-state index contributed by atoms with van der Waals surface area (Å²) in [6, 6.07) is 15.6. The third kappa shape index (κ3) is 4.32. The Hall–Kier alpha value is -3.94. The first-order chi connectivity index (χ1) is 15.0. The highest BCUT2D eigenvalue weighted by molar-refractivity contribution is 5.97. The maximum Gasteiger partial charge on any atom is 0.259 e. The molecule has 2 heterocycles. The molecule has 0 aliphatic heterocycles. The van der Waals surface area contributed by atoms with Crippen LogP contribution in [0.4, 0.5) is 8.78 Å². The Morgan fingerprint density at radius 1 is 1.03 bits per heavy atom. The highest BCUT2D eigenvalue weighted by atomic mass is 19.1. The van der Waals surface area contributed by atoms with Crippen LogP contribution in [-0.2, 0) is 0 Å². The second kappa shape index (κ2) is 8.83. The van der Waals surface area contributed by atoms with Gasteiger partial charge in [0.15, 0.2) is 5.82 Å². The molecule has 0 saturated heterocycles. The van der Waals surface area contributed by atoms with Crippen molar-refractivity contribution in [1.29, 1.82) is 0 Å². The van der Waals surface area contributed by atoms with Gasteiger partial charge >= 0.3 is 0 Å². The molecule has 4 rings (SSSR count). The van der Waals surface area contributed by atoms with Crippen LogP contribution in [0, 0.1) is 11.6 Å². The lowest BCUT2D eigenvalue weighted by molar-refractivity contribution is 0.0773. The van der Waals surface area contributed by atoms with Gasteiger partial charge in [-0.3, -0.25) is 4.79 Å². The van der Waals surface area contributed by atoms with Crippen molar-refractivity contribution in [3.8, 4) is 17.3 Å². The van der Waals surface area contributed by atoms with Crippen molar-refractivity contribution in [1.82, 2.24) is 19.2 Å². The largest absolute Gasteiger partial charge is 0.492 e. The fourth-order valence-electron chi connectivity index (χ4n) is 3.16. The summed E-state index contributed by atoms with van der Waals surface area (Å²) in [6.07, 6.45) is 4.97. The average molecular weight is 422 g/mol. The van der Waals surface area contributed by atoms with Gasteiger partial charge < -0.3 is 14.2 Å². The molecule has 2 aromatic heterocycles. The standard InChI is InChI=1S/C23H20F2N4O2/c1-27(14-15-31-18-10-8-17(24)9-11-18)23(30)19-16-26-29(21-7-3-2-6-20(21)25)22(19)28-12-4-5-13-28/h2-13,16H,14-15H2,1H3. The van der Waals surface area contributed by atoms with Crippen LogP contribution in [0.25, 0.3) is 11.5 Å². The number of hydrogen-bond acceptors (Lipinski definition) is 3. The monoisotopic (exact) mass is 422 g/mol. The molecule has 0 atom stereocenters. The molecule has 158 valence electrons. The number of carbonyl (C=O) groups is 1. The van der Waals surface area contributed by atoms with E-state index in [2.05, 4.69) is 5.10 Å². The third-order valence-electron chi connectivity index (χ3n) is 4.76. The van der Waals surface area contributed by atoms with Crippen LogP contribution in [0.3, 0.4) is 0 Å². The third-order valence-corrected chi connectivity index (χ3v) is 4.76. The van der Waals surface area contributed by atoms with Gasteiger partial charge in [0.1, 0.15) is 35.2 Å². The van der Waals surface area contributed by atoms with Gasteiger partial charge in [0.05, 0.1) is 12.7 Å². The zero-order chi connectivity index (χ0) is 21.8. The van der Waals surface area contributed by atoms with E-state index >= 15 is 0 Å². The Labute approximate surface area is 177 Å². The predicted octanol–water partition coefficient (Wildman–Crippen LogP) is 4.09. The SMILES string of the molecule is CN(CCOc1ccc(F)cc1)C(=O)c1cnn(-c2ccccc2F)c1-n1cccc1. The van der Waals surface area contributed by atoms with Crippen LogP contribution in [0.5, 0.6) is 5.75 Å². The minimum absolute atomic E-state index is 0.230.